The summed E-state index contributed by atoms with van der Waals surface area (Å²) >= 11 is 1.55. The Kier molecular flexibility index (Phi) is 5.33. The second-order valence-corrected chi connectivity index (χ2v) is 6.39. The van der Waals surface area contributed by atoms with Crippen LogP contribution >= 0.6 is 11.3 Å². The molecule has 16 heavy (non-hydrogen) atoms. The van der Waals surface area contributed by atoms with Gasteiger partial charge in [0, 0.05) is 25.0 Å². The smallest absolute Gasteiger partial charge is 0.211 e. The Balaban J connectivity index is 2.29. The van der Waals surface area contributed by atoms with E-state index in [1.54, 1.807) is 11.3 Å². The molecule has 1 rings (SSSR count). The van der Waals surface area contributed by atoms with Crippen LogP contribution in [0.4, 0.5) is 0 Å². The molecule has 0 saturated carbocycles. The zero-order valence-electron chi connectivity index (χ0n) is 9.14. The topological polar surface area (TPSA) is 79.3 Å². The monoisotopic (exact) mass is 264 g/mol. The van der Waals surface area contributed by atoms with Crippen LogP contribution in [0, 0.1) is 6.92 Å². The number of thiazole rings is 1. The number of nitrogens with zero attached hydrogens (tertiary/aromatic N) is 1. The number of hydrogen-bond donors (Lipinski definition) is 2. The fraction of sp³-hybridized carbons (Fsp3) is 0.667. The lowest BCUT2D eigenvalue weighted by Crippen LogP contribution is -2.28. The molecule has 1 aromatic rings. The van der Waals surface area contributed by atoms with Crippen LogP contribution in [0.25, 0.3) is 0 Å². The normalized spacial score (nSPS) is 11.9. The summed E-state index contributed by atoms with van der Waals surface area (Å²) in [5.74, 6) is -0.0282. The summed E-state index contributed by atoms with van der Waals surface area (Å²) in [6.45, 7) is 2.17. The van der Waals surface area contributed by atoms with Crippen molar-refractivity contribution < 1.29 is 13.5 Å². The van der Waals surface area contributed by atoms with Gasteiger partial charge in [-0.1, -0.05) is 0 Å². The van der Waals surface area contributed by atoms with E-state index in [1.165, 1.54) is 0 Å². The molecule has 0 fully saturated rings. The van der Waals surface area contributed by atoms with Crippen LogP contribution in [0.3, 0.4) is 0 Å². The molecule has 7 heteroatoms. The van der Waals surface area contributed by atoms with Crippen molar-refractivity contribution in [1.29, 1.82) is 0 Å². The molecule has 0 saturated heterocycles. The van der Waals surface area contributed by atoms with E-state index >= 15 is 0 Å². The van der Waals surface area contributed by atoms with Crippen molar-refractivity contribution in [2.24, 2.45) is 0 Å². The Morgan fingerprint density at radius 3 is 2.88 bits per heavy atom. The van der Waals surface area contributed by atoms with Gasteiger partial charge in [0.25, 0.3) is 0 Å². The summed E-state index contributed by atoms with van der Waals surface area (Å²) in [6, 6.07) is 0. The zero-order valence-corrected chi connectivity index (χ0v) is 10.8. The first-order valence-corrected chi connectivity index (χ1v) is 7.56. The average Bonchev–Trinajstić information content (AvgIpc) is 2.61. The Morgan fingerprint density at radius 1 is 1.56 bits per heavy atom. The van der Waals surface area contributed by atoms with Crippen molar-refractivity contribution >= 4 is 21.4 Å². The SMILES string of the molecule is Cc1nc(CCNS(=O)(=O)CCCO)cs1. The Morgan fingerprint density at radius 2 is 2.31 bits per heavy atom. The molecular formula is C9H16N2O3S2. The van der Waals surface area contributed by atoms with Crippen LogP contribution in [0.5, 0.6) is 0 Å². The lowest BCUT2D eigenvalue weighted by molar-refractivity contribution is 0.295. The third kappa shape index (κ3) is 5.02. The summed E-state index contributed by atoms with van der Waals surface area (Å²) in [5.41, 5.74) is 0.910. The Bertz CT molecular complexity index is 414. The maximum absolute atomic E-state index is 11.3. The van der Waals surface area contributed by atoms with Gasteiger partial charge >= 0.3 is 0 Å². The number of aromatic nitrogens is 1. The molecule has 5 nitrogen and oxygen atoms in total. The summed E-state index contributed by atoms with van der Waals surface area (Å²) in [4.78, 5) is 4.24. The van der Waals surface area contributed by atoms with Gasteiger partial charge in [0.2, 0.25) is 10.0 Å². The number of aliphatic hydroxyl groups excluding tert-OH is 1. The first kappa shape index (κ1) is 13.6. The van der Waals surface area contributed by atoms with Gasteiger partial charge in [-0.2, -0.15) is 0 Å². The van der Waals surface area contributed by atoms with Gasteiger partial charge in [-0.25, -0.2) is 18.1 Å². The van der Waals surface area contributed by atoms with Gasteiger partial charge < -0.3 is 5.11 Å². The van der Waals surface area contributed by atoms with E-state index in [2.05, 4.69) is 9.71 Å². The van der Waals surface area contributed by atoms with Crippen LogP contribution in [0.1, 0.15) is 17.1 Å². The number of nitrogens with one attached hydrogen (secondary N) is 1. The highest BCUT2D eigenvalue weighted by molar-refractivity contribution is 7.89. The molecular weight excluding hydrogens is 248 g/mol. The van der Waals surface area contributed by atoms with Crippen LogP contribution in [-0.4, -0.2) is 37.4 Å². The summed E-state index contributed by atoms with van der Waals surface area (Å²) < 4.78 is 25.2. The molecule has 0 atom stereocenters. The van der Waals surface area contributed by atoms with Gasteiger partial charge in [-0.3, -0.25) is 0 Å². The molecule has 92 valence electrons. The van der Waals surface area contributed by atoms with Gasteiger partial charge in [0.05, 0.1) is 16.5 Å². The number of aliphatic hydroxyl groups is 1. The number of hydrogen-bond acceptors (Lipinski definition) is 5. The predicted molar refractivity (Wildman–Crippen MR) is 64.0 cm³/mol. The Hall–Kier alpha value is -0.500. The maximum Gasteiger partial charge on any atom is 0.211 e. The third-order valence-electron chi connectivity index (χ3n) is 1.94. The second kappa shape index (κ2) is 6.29. The lowest BCUT2D eigenvalue weighted by Gasteiger charge is -2.04. The minimum atomic E-state index is -3.24. The molecule has 2 N–H and O–H groups in total. The molecule has 1 aromatic heterocycles. The predicted octanol–water partition coefficient (Wildman–Crippen LogP) is 0.296. The van der Waals surface area contributed by atoms with Crippen molar-refractivity contribution in [3.63, 3.8) is 0 Å². The van der Waals surface area contributed by atoms with E-state index in [1.807, 2.05) is 12.3 Å². The fourth-order valence-corrected chi connectivity index (χ4v) is 2.90. The highest BCUT2D eigenvalue weighted by atomic mass is 32.2. The fourth-order valence-electron chi connectivity index (χ4n) is 1.18. The molecule has 0 amide bonds. The van der Waals surface area contributed by atoms with Gasteiger partial charge in [0.1, 0.15) is 0 Å². The number of rotatable bonds is 7. The molecule has 0 aromatic carbocycles. The zero-order chi connectivity index (χ0) is 12.0. The van der Waals surface area contributed by atoms with E-state index < -0.39 is 10.0 Å². The van der Waals surface area contributed by atoms with Gasteiger partial charge in [0.15, 0.2) is 0 Å². The maximum atomic E-state index is 11.3. The number of aryl methyl sites for hydroxylation is 1. The molecule has 0 bridgehead atoms. The summed E-state index contributed by atoms with van der Waals surface area (Å²) in [6.07, 6.45) is 0.869. The van der Waals surface area contributed by atoms with Gasteiger partial charge in [-0.05, 0) is 13.3 Å². The molecule has 0 aliphatic carbocycles. The molecule has 0 unspecified atom stereocenters. The first-order valence-electron chi connectivity index (χ1n) is 5.03. The van der Waals surface area contributed by atoms with Crippen molar-refractivity contribution in [2.75, 3.05) is 18.9 Å². The minimum absolute atomic E-state index is 0.0282. The van der Waals surface area contributed by atoms with Crippen molar-refractivity contribution in [1.82, 2.24) is 9.71 Å². The highest BCUT2D eigenvalue weighted by Crippen LogP contribution is 2.07. The van der Waals surface area contributed by atoms with E-state index in [9.17, 15) is 8.42 Å². The summed E-state index contributed by atoms with van der Waals surface area (Å²) in [7, 11) is -3.24. The van der Waals surface area contributed by atoms with Crippen LogP contribution in [0.2, 0.25) is 0 Å². The molecule has 0 spiro atoms. The second-order valence-electron chi connectivity index (χ2n) is 3.40. The largest absolute Gasteiger partial charge is 0.396 e. The van der Waals surface area contributed by atoms with E-state index in [-0.39, 0.29) is 18.8 Å². The van der Waals surface area contributed by atoms with Gasteiger partial charge in [-0.15, -0.1) is 11.3 Å². The van der Waals surface area contributed by atoms with Crippen LogP contribution in [0.15, 0.2) is 5.38 Å². The van der Waals surface area contributed by atoms with Crippen molar-refractivity contribution in [2.45, 2.75) is 19.8 Å². The molecule has 0 aliphatic rings. The van der Waals surface area contributed by atoms with E-state index in [0.717, 1.165) is 10.7 Å². The van der Waals surface area contributed by atoms with Crippen LogP contribution in [-0.2, 0) is 16.4 Å². The first-order chi connectivity index (χ1) is 7.53. The lowest BCUT2D eigenvalue weighted by atomic mass is 10.3. The molecule has 1 heterocycles. The Labute approximate surface area is 99.6 Å². The standard InChI is InChI=1S/C9H16N2O3S2/c1-8-11-9(7-15-8)3-4-10-16(13,14)6-2-5-12/h7,10,12H,2-6H2,1H3. The average molecular weight is 264 g/mol. The minimum Gasteiger partial charge on any atom is -0.396 e. The molecule has 0 radical (unpaired) electrons. The van der Waals surface area contributed by atoms with Crippen LogP contribution < -0.4 is 4.72 Å². The summed E-state index contributed by atoms with van der Waals surface area (Å²) in [5, 5.41) is 11.4. The molecule has 0 aliphatic heterocycles. The highest BCUT2D eigenvalue weighted by Gasteiger charge is 2.08. The number of sulfonamides is 1. The van der Waals surface area contributed by atoms with E-state index in [4.69, 9.17) is 5.11 Å². The van der Waals surface area contributed by atoms with E-state index in [0.29, 0.717) is 13.0 Å². The van der Waals surface area contributed by atoms with Crippen molar-refractivity contribution in [3.05, 3.63) is 16.1 Å². The third-order valence-corrected chi connectivity index (χ3v) is 4.23. The quantitative estimate of drug-likeness (QED) is 0.742. The van der Waals surface area contributed by atoms with Crippen molar-refractivity contribution in [3.8, 4) is 0 Å².